The summed E-state index contributed by atoms with van der Waals surface area (Å²) in [6, 6.07) is 1.20. The fraction of sp³-hybridized carbons (Fsp3) is 0.889. The molecule has 0 radical (unpaired) electrons. The average molecular weight is 169 g/mol. The van der Waals surface area contributed by atoms with Gasteiger partial charge >= 0.3 is 5.97 Å². The van der Waals surface area contributed by atoms with E-state index in [0.29, 0.717) is 12.1 Å². The minimum absolute atomic E-state index is 0.0671. The van der Waals surface area contributed by atoms with Crippen LogP contribution in [0.15, 0.2) is 0 Å². The molecule has 2 aliphatic carbocycles. The molecular formula is C9H15NO2. The molecule has 0 aliphatic heterocycles. The lowest BCUT2D eigenvalue weighted by atomic mass is 9.79. The van der Waals surface area contributed by atoms with Gasteiger partial charge in [-0.2, -0.15) is 0 Å². The molecule has 3 nitrogen and oxygen atoms in total. The third-order valence-corrected chi connectivity index (χ3v) is 3.06. The average Bonchev–Trinajstić information content (AvgIpc) is 1.79. The van der Waals surface area contributed by atoms with Gasteiger partial charge in [0.1, 0.15) is 0 Å². The molecule has 0 heterocycles. The Bertz CT molecular complexity index is 183. The van der Waals surface area contributed by atoms with Crippen molar-refractivity contribution in [3.8, 4) is 0 Å². The largest absolute Gasteiger partial charge is 0.481 e. The first-order valence-corrected chi connectivity index (χ1v) is 4.74. The summed E-state index contributed by atoms with van der Waals surface area (Å²) in [6.45, 7) is 0. The van der Waals surface area contributed by atoms with Crippen molar-refractivity contribution >= 4 is 5.97 Å². The highest BCUT2D eigenvalue weighted by Gasteiger charge is 2.36. The van der Waals surface area contributed by atoms with Crippen LogP contribution in [0, 0.1) is 5.92 Å². The summed E-state index contributed by atoms with van der Waals surface area (Å²) in [7, 11) is 0. The van der Waals surface area contributed by atoms with Crippen molar-refractivity contribution in [1.29, 1.82) is 0 Å². The molecule has 2 rings (SSSR count). The van der Waals surface area contributed by atoms with Gasteiger partial charge in [0.15, 0.2) is 0 Å². The van der Waals surface area contributed by atoms with E-state index in [2.05, 4.69) is 5.32 Å². The third kappa shape index (κ3) is 1.46. The summed E-state index contributed by atoms with van der Waals surface area (Å²) in [5.41, 5.74) is 0. The van der Waals surface area contributed by atoms with E-state index in [4.69, 9.17) is 5.11 Å². The topological polar surface area (TPSA) is 49.3 Å². The van der Waals surface area contributed by atoms with Crippen LogP contribution in [0.5, 0.6) is 0 Å². The van der Waals surface area contributed by atoms with Gasteiger partial charge in [0.05, 0.1) is 5.92 Å². The van der Waals surface area contributed by atoms with Gasteiger partial charge in [-0.1, -0.05) is 6.42 Å². The summed E-state index contributed by atoms with van der Waals surface area (Å²) < 4.78 is 0. The predicted octanol–water partition coefficient (Wildman–Crippen LogP) is 0.992. The molecule has 0 aromatic carbocycles. The van der Waals surface area contributed by atoms with Crippen molar-refractivity contribution in [1.82, 2.24) is 5.32 Å². The molecule has 2 saturated carbocycles. The Hall–Kier alpha value is -0.570. The summed E-state index contributed by atoms with van der Waals surface area (Å²) in [4.78, 5) is 10.5. The number of nitrogens with one attached hydrogen (secondary N) is 1. The highest BCUT2D eigenvalue weighted by atomic mass is 16.4. The fourth-order valence-electron chi connectivity index (χ4n) is 1.86. The molecule has 3 heteroatoms. The van der Waals surface area contributed by atoms with Crippen LogP contribution < -0.4 is 5.32 Å². The molecule has 0 bridgehead atoms. The molecule has 0 aromatic rings. The Kier molecular flexibility index (Phi) is 2.05. The minimum Gasteiger partial charge on any atom is -0.481 e. The predicted molar refractivity (Wildman–Crippen MR) is 44.9 cm³/mol. The van der Waals surface area contributed by atoms with Crippen molar-refractivity contribution in [2.24, 2.45) is 5.92 Å². The normalized spacial score (nSPS) is 35.3. The Morgan fingerprint density at radius 2 is 1.92 bits per heavy atom. The summed E-state index contributed by atoms with van der Waals surface area (Å²) >= 11 is 0. The molecule has 0 atom stereocenters. The molecule has 2 fully saturated rings. The molecule has 12 heavy (non-hydrogen) atoms. The first-order valence-electron chi connectivity index (χ1n) is 4.74. The molecular weight excluding hydrogens is 154 g/mol. The van der Waals surface area contributed by atoms with Crippen LogP contribution in [0.25, 0.3) is 0 Å². The zero-order chi connectivity index (χ0) is 8.55. The van der Waals surface area contributed by atoms with Crippen molar-refractivity contribution in [3.63, 3.8) is 0 Å². The highest BCUT2D eigenvalue weighted by Crippen LogP contribution is 2.30. The van der Waals surface area contributed by atoms with E-state index in [9.17, 15) is 4.79 Å². The second-order valence-corrected chi connectivity index (χ2v) is 4.00. The first kappa shape index (κ1) is 8.05. The van der Waals surface area contributed by atoms with Crippen LogP contribution in [0.1, 0.15) is 32.1 Å². The van der Waals surface area contributed by atoms with Crippen LogP contribution in [-0.4, -0.2) is 23.2 Å². The molecule has 2 N–H and O–H groups in total. The maximum absolute atomic E-state index is 10.5. The first-order chi connectivity index (χ1) is 5.75. The number of carbonyl (C=O) groups is 1. The third-order valence-electron chi connectivity index (χ3n) is 3.06. The smallest absolute Gasteiger partial charge is 0.306 e. The Morgan fingerprint density at radius 3 is 2.33 bits per heavy atom. The van der Waals surface area contributed by atoms with Gasteiger partial charge in [-0.15, -0.1) is 0 Å². The number of aliphatic carboxylic acids is 1. The molecule has 0 aromatic heterocycles. The van der Waals surface area contributed by atoms with Gasteiger partial charge in [0, 0.05) is 12.1 Å². The van der Waals surface area contributed by atoms with Gasteiger partial charge in [-0.25, -0.2) is 0 Å². The maximum atomic E-state index is 10.5. The maximum Gasteiger partial charge on any atom is 0.306 e. The van der Waals surface area contributed by atoms with E-state index in [-0.39, 0.29) is 5.92 Å². The fourth-order valence-corrected chi connectivity index (χ4v) is 1.86. The standard InChI is InChI=1S/C9H15NO2/c11-9(12)6-4-8(5-6)10-7-2-1-3-7/h6-8,10H,1-5H2,(H,11,12). The minimum atomic E-state index is -0.623. The van der Waals surface area contributed by atoms with E-state index < -0.39 is 5.97 Å². The molecule has 0 spiro atoms. The molecule has 0 saturated heterocycles. The molecule has 0 unspecified atom stereocenters. The zero-order valence-electron chi connectivity index (χ0n) is 7.12. The number of rotatable bonds is 3. The van der Waals surface area contributed by atoms with Gasteiger partial charge in [0.25, 0.3) is 0 Å². The molecule has 2 aliphatic rings. The summed E-state index contributed by atoms with van der Waals surface area (Å²) in [5, 5.41) is 12.1. The SMILES string of the molecule is O=C(O)C1CC(NC2CCC2)C1. The zero-order valence-corrected chi connectivity index (χ0v) is 7.12. The highest BCUT2D eigenvalue weighted by molar-refractivity contribution is 5.71. The Balaban J connectivity index is 1.64. The monoisotopic (exact) mass is 169 g/mol. The van der Waals surface area contributed by atoms with Gasteiger partial charge in [-0.05, 0) is 25.7 Å². The van der Waals surface area contributed by atoms with Crippen LogP contribution in [0.4, 0.5) is 0 Å². The van der Waals surface area contributed by atoms with E-state index in [1.54, 1.807) is 0 Å². The van der Waals surface area contributed by atoms with E-state index >= 15 is 0 Å². The molecule has 0 amide bonds. The van der Waals surface area contributed by atoms with E-state index in [1.807, 2.05) is 0 Å². The lowest BCUT2D eigenvalue weighted by Gasteiger charge is -2.39. The second kappa shape index (κ2) is 3.05. The van der Waals surface area contributed by atoms with Crippen LogP contribution in [0.2, 0.25) is 0 Å². The quantitative estimate of drug-likeness (QED) is 0.662. The van der Waals surface area contributed by atoms with Crippen molar-refractivity contribution in [2.75, 3.05) is 0 Å². The van der Waals surface area contributed by atoms with E-state index in [0.717, 1.165) is 12.8 Å². The summed E-state index contributed by atoms with van der Waals surface area (Å²) in [5.74, 6) is -0.691. The van der Waals surface area contributed by atoms with Crippen molar-refractivity contribution in [2.45, 2.75) is 44.2 Å². The lowest BCUT2D eigenvalue weighted by Crippen LogP contribution is -2.50. The Labute approximate surface area is 72.2 Å². The van der Waals surface area contributed by atoms with E-state index in [1.165, 1.54) is 19.3 Å². The van der Waals surface area contributed by atoms with Gasteiger partial charge in [0.2, 0.25) is 0 Å². The lowest BCUT2D eigenvalue weighted by molar-refractivity contribution is -0.145. The van der Waals surface area contributed by atoms with Gasteiger partial charge in [-0.3, -0.25) is 4.79 Å². The second-order valence-electron chi connectivity index (χ2n) is 4.00. The number of carboxylic acid groups (broad SMARTS) is 1. The number of carboxylic acids is 1. The number of hydrogen-bond acceptors (Lipinski definition) is 2. The Morgan fingerprint density at radius 1 is 1.25 bits per heavy atom. The van der Waals surface area contributed by atoms with Crippen molar-refractivity contribution in [3.05, 3.63) is 0 Å². The van der Waals surface area contributed by atoms with Crippen LogP contribution >= 0.6 is 0 Å². The van der Waals surface area contributed by atoms with Gasteiger partial charge < -0.3 is 10.4 Å². The summed E-state index contributed by atoms with van der Waals surface area (Å²) in [6.07, 6.45) is 5.59. The van der Waals surface area contributed by atoms with Crippen LogP contribution in [-0.2, 0) is 4.79 Å². The number of hydrogen-bond donors (Lipinski definition) is 2. The van der Waals surface area contributed by atoms with Crippen LogP contribution in [0.3, 0.4) is 0 Å². The molecule has 68 valence electrons. The van der Waals surface area contributed by atoms with Crippen molar-refractivity contribution < 1.29 is 9.90 Å².